The summed E-state index contributed by atoms with van der Waals surface area (Å²) >= 11 is 0. The molecule has 8 heteroatoms. The van der Waals surface area contributed by atoms with Gasteiger partial charge in [-0.15, -0.1) is 0 Å². The van der Waals surface area contributed by atoms with Crippen molar-refractivity contribution in [2.45, 2.75) is 32.2 Å². The highest BCUT2D eigenvalue weighted by Gasteiger charge is 2.26. The molecule has 0 radical (unpaired) electrons. The van der Waals surface area contributed by atoms with Gasteiger partial charge in [-0.05, 0) is 54.6 Å². The molecule has 1 aliphatic rings. The first-order chi connectivity index (χ1) is 12.0. The smallest absolute Gasteiger partial charge is 0.337 e. The molecule has 1 amide bonds. The number of rotatable bonds is 5. The number of halogens is 2. The van der Waals surface area contributed by atoms with E-state index in [1.807, 2.05) is 0 Å². The highest BCUT2D eigenvalue weighted by molar-refractivity contribution is 5.74. The van der Waals surface area contributed by atoms with Gasteiger partial charge in [-0.3, -0.25) is 9.32 Å². The molecule has 1 aliphatic heterocycles. The van der Waals surface area contributed by atoms with E-state index in [0.29, 0.717) is 25.4 Å². The van der Waals surface area contributed by atoms with Crippen LogP contribution in [0.15, 0.2) is 33.7 Å². The summed E-state index contributed by atoms with van der Waals surface area (Å²) in [5.74, 6) is -1.43. The second-order valence-corrected chi connectivity index (χ2v) is 6.40. The lowest BCUT2D eigenvalue weighted by molar-refractivity contribution is -0.751. The number of aryl methyl sites for hydroxylation is 1. The van der Waals surface area contributed by atoms with E-state index in [1.165, 1.54) is 16.9 Å². The molecule has 25 heavy (non-hydrogen) atoms. The number of aromatic amines is 1. The molecular weight excluding hydrogens is 332 g/mol. The molecule has 3 rings (SSSR count). The minimum atomic E-state index is -0.840. The van der Waals surface area contributed by atoms with Gasteiger partial charge in [0.25, 0.3) is 18.6 Å². The molecule has 1 aromatic carbocycles. The molecule has 134 valence electrons. The Morgan fingerprint density at radius 3 is 2.92 bits per heavy atom. The zero-order chi connectivity index (χ0) is 17.8. The SMILES string of the molecule is O=C(C[n+]1cc(=O)o[nH]1)N1CCCC(CCc2ccc(F)c(F)c2)C1. The van der Waals surface area contributed by atoms with E-state index in [0.717, 1.165) is 30.9 Å². The third-order valence-electron chi connectivity index (χ3n) is 4.53. The Labute approximate surface area is 143 Å². The van der Waals surface area contributed by atoms with Gasteiger partial charge in [0.1, 0.15) is 0 Å². The van der Waals surface area contributed by atoms with Crippen LogP contribution in [0.1, 0.15) is 24.8 Å². The second-order valence-electron chi connectivity index (χ2n) is 6.40. The lowest BCUT2D eigenvalue weighted by atomic mass is 9.91. The van der Waals surface area contributed by atoms with Crippen molar-refractivity contribution < 1.29 is 22.8 Å². The van der Waals surface area contributed by atoms with Crippen molar-refractivity contribution in [1.29, 1.82) is 0 Å². The van der Waals surface area contributed by atoms with Gasteiger partial charge < -0.3 is 4.90 Å². The van der Waals surface area contributed by atoms with Gasteiger partial charge in [-0.1, -0.05) is 10.7 Å². The molecule has 2 aromatic rings. The Morgan fingerprint density at radius 1 is 1.36 bits per heavy atom. The predicted molar refractivity (Wildman–Crippen MR) is 83.5 cm³/mol. The highest BCUT2D eigenvalue weighted by atomic mass is 19.2. The maximum Gasteiger partial charge on any atom is 0.426 e. The van der Waals surface area contributed by atoms with E-state index in [-0.39, 0.29) is 12.5 Å². The zero-order valence-electron chi connectivity index (χ0n) is 13.7. The fraction of sp³-hybridized carbons (Fsp3) is 0.471. The summed E-state index contributed by atoms with van der Waals surface area (Å²) in [6, 6.07) is 3.97. The van der Waals surface area contributed by atoms with Crippen LogP contribution in [0.2, 0.25) is 0 Å². The average molecular weight is 352 g/mol. The summed E-state index contributed by atoms with van der Waals surface area (Å²) in [5.41, 5.74) is 0.227. The Morgan fingerprint density at radius 2 is 2.20 bits per heavy atom. The Balaban J connectivity index is 1.52. The molecule has 0 saturated carbocycles. The number of carbonyl (C=O) groups excluding carboxylic acids is 1. The molecule has 1 atom stereocenters. The number of nitrogens with zero attached hydrogens (tertiary/aromatic N) is 2. The normalized spacial score (nSPS) is 17.7. The van der Waals surface area contributed by atoms with Crippen molar-refractivity contribution in [2.75, 3.05) is 13.1 Å². The number of amides is 1. The molecule has 1 aromatic heterocycles. The Bertz CT molecular complexity index is 802. The topological polar surface area (TPSA) is 70.2 Å². The van der Waals surface area contributed by atoms with Crippen molar-refractivity contribution in [2.24, 2.45) is 5.92 Å². The standard InChI is InChI=1S/C17H19F2N3O3/c18-14-6-5-12(8-15(14)19)3-4-13-2-1-7-21(9-13)16(23)10-22-11-17(24)25-20-22/h5-6,8,11,13H,1-4,7,9-10H2/p+1. The van der Waals surface area contributed by atoms with E-state index in [4.69, 9.17) is 0 Å². The molecule has 1 N–H and O–H groups in total. The summed E-state index contributed by atoms with van der Waals surface area (Å²) in [6.07, 6.45) is 4.56. The highest BCUT2D eigenvalue weighted by Crippen LogP contribution is 2.22. The predicted octanol–water partition coefficient (Wildman–Crippen LogP) is 1.41. The van der Waals surface area contributed by atoms with Crippen molar-refractivity contribution in [3.05, 3.63) is 52.0 Å². The van der Waals surface area contributed by atoms with E-state index >= 15 is 0 Å². The van der Waals surface area contributed by atoms with Gasteiger partial charge in [0.15, 0.2) is 11.6 Å². The summed E-state index contributed by atoms with van der Waals surface area (Å²) in [5, 5.41) is 2.36. The maximum atomic E-state index is 13.3. The number of hydrogen-bond donors (Lipinski definition) is 1. The minimum Gasteiger partial charge on any atom is -0.337 e. The zero-order valence-corrected chi connectivity index (χ0v) is 13.7. The van der Waals surface area contributed by atoms with E-state index in [2.05, 4.69) is 9.79 Å². The first-order valence-corrected chi connectivity index (χ1v) is 8.31. The first-order valence-electron chi connectivity index (χ1n) is 8.31. The fourth-order valence-corrected chi connectivity index (χ4v) is 3.20. The van der Waals surface area contributed by atoms with Gasteiger partial charge in [-0.2, -0.15) is 0 Å². The molecule has 1 saturated heterocycles. The van der Waals surface area contributed by atoms with Crippen LogP contribution in [0.25, 0.3) is 0 Å². The van der Waals surface area contributed by atoms with Crippen LogP contribution < -0.4 is 10.3 Å². The number of H-pyrrole nitrogens is 1. The maximum absolute atomic E-state index is 13.3. The van der Waals surface area contributed by atoms with Gasteiger partial charge >= 0.3 is 5.63 Å². The van der Waals surface area contributed by atoms with Crippen LogP contribution in [-0.4, -0.2) is 29.2 Å². The van der Waals surface area contributed by atoms with E-state index < -0.39 is 17.3 Å². The lowest BCUT2D eigenvalue weighted by Crippen LogP contribution is -2.48. The van der Waals surface area contributed by atoms with Gasteiger partial charge in [0, 0.05) is 13.1 Å². The van der Waals surface area contributed by atoms with Crippen LogP contribution in [0, 0.1) is 17.6 Å². The number of likely N-dealkylation sites (tertiary alicyclic amines) is 1. The molecule has 1 fully saturated rings. The second kappa shape index (κ2) is 7.58. The van der Waals surface area contributed by atoms with E-state index in [1.54, 1.807) is 11.0 Å². The van der Waals surface area contributed by atoms with Crippen molar-refractivity contribution in [1.82, 2.24) is 10.2 Å². The van der Waals surface area contributed by atoms with Crippen LogP contribution in [0.4, 0.5) is 8.78 Å². The van der Waals surface area contributed by atoms with Crippen LogP contribution >= 0.6 is 0 Å². The molecule has 0 bridgehead atoms. The number of aromatic nitrogens is 2. The van der Waals surface area contributed by atoms with Crippen molar-refractivity contribution in [3.63, 3.8) is 0 Å². The monoisotopic (exact) mass is 352 g/mol. The fourth-order valence-electron chi connectivity index (χ4n) is 3.20. The van der Waals surface area contributed by atoms with Gasteiger partial charge in [0.2, 0.25) is 0 Å². The molecule has 0 spiro atoms. The number of carbonyl (C=O) groups is 1. The molecular formula is C17H20F2N3O3+. The molecule has 1 unspecified atom stereocenters. The minimum absolute atomic E-state index is 0.0294. The number of nitrogens with one attached hydrogen (secondary N) is 1. The summed E-state index contributed by atoms with van der Waals surface area (Å²) in [4.78, 5) is 25.1. The number of benzene rings is 1. The third kappa shape index (κ3) is 4.52. The number of piperidine rings is 1. The average Bonchev–Trinajstić information content (AvgIpc) is 3.01. The van der Waals surface area contributed by atoms with Crippen LogP contribution in [0.3, 0.4) is 0 Å². The largest absolute Gasteiger partial charge is 0.426 e. The lowest BCUT2D eigenvalue weighted by Gasteiger charge is -2.32. The summed E-state index contributed by atoms with van der Waals surface area (Å²) in [7, 11) is 0. The first kappa shape index (κ1) is 17.3. The quantitative estimate of drug-likeness (QED) is 0.827. The van der Waals surface area contributed by atoms with Crippen LogP contribution in [-0.2, 0) is 17.8 Å². The number of hydrogen-bond acceptors (Lipinski definition) is 3. The molecule has 6 nitrogen and oxygen atoms in total. The van der Waals surface area contributed by atoms with Gasteiger partial charge in [-0.25, -0.2) is 13.6 Å². The van der Waals surface area contributed by atoms with Crippen LogP contribution in [0.5, 0.6) is 0 Å². The molecule has 2 heterocycles. The summed E-state index contributed by atoms with van der Waals surface area (Å²) in [6.45, 7) is 1.34. The Kier molecular flexibility index (Phi) is 5.25. The molecule has 0 aliphatic carbocycles. The van der Waals surface area contributed by atoms with Crippen molar-refractivity contribution >= 4 is 5.91 Å². The third-order valence-corrected chi connectivity index (χ3v) is 4.53. The Hall–Kier alpha value is -2.51. The summed E-state index contributed by atoms with van der Waals surface area (Å²) < 4.78 is 32.1. The van der Waals surface area contributed by atoms with Crippen molar-refractivity contribution in [3.8, 4) is 0 Å². The van der Waals surface area contributed by atoms with E-state index in [9.17, 15) is 18.4 Å². The van der Waals surface area contributed by atoms with Gasteiger partial charge in [0.05, 0.1) is 0 Å².